The van der Waals surface area contributed by atoms with Crippen LogP contribution in [-0.4, -0.2) is 25.3 Å². The molecule has 2 aromatic carbocycles. The number of hydrogen-bond donors (Lipinski definition) is 1. The van der Waals surface area contributed by atoms with E-state index in [1.165, 1.54) is 0 Å². The van der Waals surface area contributed by atoms with Gasteiger partial charge in [0.1, 0.15) is 18.0 Å². The molecule has 0 saturated carbocycles. The SMILES string of the molecule is OCc1onc(-c2ccccc2Cl)c1Cc1nnn(Cc2cc(C(F)(F)F)cc(C(F)(F)F)c2)c1Cl. The molecule has 0 saturated heterocycles. The zero-order valence-electron chi connectivity index (χ0n) is 17.8. The van der Waals surface area contributed by atoms with E-state index in [4.69, 9.17) is 27.7 Å². The van der Waals surface area contributed by atoms with Gasteiger partial charge in [0.15, 0.2) is 10.9 Å². The van der Waals surface area contributed by atoms with Crippen LogP contribution < -0.4 is 0 Å². The molecule has 0 radical (unpaired) electrons. The number of aliphatic hydroxyl groups is 1. The van der Waals surface area contributed by atoms with Crippen molar-refractivity contribution in [3.8, 4) is 11.3 Å². The number of hydrogen-bond acceptors (Lipinski definition) is 5. The van der Waals surface area contributed by atoms with Gasteiger partial charge in [-0.1, -0.05) is 51.8 Å². The first-order valence-electron chi connectivity index (χ1n) is 10.1. The van der Waals surface area contributed by atoms with Crippen molar-refractivity contribution < 1.29 is 36.0 Å². The van der Waals surface area contributed by atoms with Crippen LogP contribution in [-0.2, 0) is 31.9 Å². The van der Waals surface area contributed by atoms with Crippen molar-refractivity contribution in [3.63, 3.8) is 0 Å². The van der Waals surface area contributed by atoms with Gasteiger partial charge in [0.25, 0.3) is 0 Å². The molecule has 0 atom stereocenters. The lowest BCUT2D eigenvalue weighted by molar-refractivity contribution is -0.143. The Balaban J connectivity index is 1.68. The minimum Gasteiger partial charge on any atom is -0.388 e. The molecule has 0 aliphatic rings. The average molecular weight is 551 g/mol. The van der Waals surface area contributed by atoms with Gasteiger partial charge in [-0.25, -0.2) is 4.68 Å². The molecular formula is C22H14Cl2F6N4O2. The first-order chi connectivity index (χ1) is 16.9. The second kappa shape index (κ2) is 9.75. The van der Waals surface area contributed by atoms with E-state index >= 15 is 0 Å². The number of benzene rings is 2. The van der Waals surface area contributed by atoms with Crippen molar-refractivity contribution in [2.75, 3.05) is 0 Å². The lowest BCUT2D eigenvalue weighted by Gasteiger charge is -2.14. The first-order valence-corrected chi connectivity index (χ1v) is 10.8. The average Bonchev–Trinajstić information content (AvgIpc) is 3.36. The Morgan fingerprint density at radius 1 is 0.944 bits per heavy atom. The second-order valence-corrected chi connectivity index (χ2v) is 8.41. The largest absolute Gasteiger partial charge is 0.416 e. The molecule has 0 aliphatic heterocycles. The molecule has 6 nitrogen and oxygen atoms in total. The zero-order valence-corrected chi connectivity index (χ0v) is 19.3. The Bertz CT molecular complexity index is 1370. The third kappa shape index (κ3) is 5.35. The van der Waals surface area contributed by atoms with E-state index in [1.807, 2.05) is 0 Å². The molecule has 36 heavy (non-hydrogen) atoms. The molecule has 0 unspecified atom stereocenters. The topological polar surface area (TPSA) is 77.0 Å². The minimum atomic E-state index is -4.99. The predicted octanol–water partition coefficient (Wildman–Crippen LogP) is 6.41. The summed E-state index contributed by atoms with van der Waals surface area (Å²) in [6.07, 6.45) is -10.0. The molecule has 0 bridgehead atoms. The van der Waals surface area contributed by atoms with Crippen LogP contribution in [0.5, 0.6) is 0 Å². The summed E-state index contributed by atoms with van der Waals surface area (Å²) in [7, 11) is 0. The molecule has 4 aromatic rings. The maximum atomic E-state index is 13.2. The van der Waals surface area contributed by atoms with Crippen LogP contribution in [0, 0.1) is 0 Å². The van der Waals surface area contributed by atoms with Crippen molar-refractivity contribution in [2.45, 2.75) is 31.9 Å². The highest BCUT2D eigenvalue weighted by Crippen LogP contribution is 2.37. The van der Waals surface area contributed by atoms with E-state index in [-0.39, 0.29) is 34.7 Å². The van der Waals surface area contributed by atoms with Gasteiger partial charge >= 0.3 is 12.4 Å². The molecule has 0 fully saturated rings. The second-order valence-electron chi connectivity index (χ2n) is 7.65. The van der Waals surface area contributed by atoms with Crippen molar-refractivity contribution in [1.29, 1.82) is 0 Å². The van der Waals surface area contributed by atoms with Gasteiger partial charge in [-0.15, -0.1) is 5.10 Å². The van der Waals surface area contributed by atoms with Crippen LogP contribution in [0.25, 0.3) is 11.3 Å². The van der Waals surface area contributed by atoms with Crippen LogP contribution in [0.2, 0.25) is 10.2 Å². The van der Waals surface area contributed by atoms with Gasteiger partial charge in [0.05, 0.1) is 22.7 Å². The standard InChI is InChI=1S/C22H14Cl2F6N4O2/c23-16-4-2-1-3-14(16)19-15(18(10-35)36-32-19)8-17-20(24)34(33-31-17)9-11-5-12(21(25,26)27)7-13(6-11)22(28,29)30/h1-7,35H,8-10H2. The highest BCUT2D eigenvalue weighted by atomic mass is 35.5. The maximum absolute atomic E-state index is 13.2. The molecule has 14 heteroatoms. The smallest absolute Gasteiger partial charge is 0.388 e. The van der Waals surface area contributed by atoms with Crippen LogP contribution in [0.4, 0.5) is 26.3 Å². The van der Waals surface area contributed by atoms with Crippen LogP contribution >= 0.6 is 23.2 Å². The molecule has 1 N–H and O–H groups in total. The minimum absolute atomic E-state index is 0.0381. The lowest BCUT2D eigenvalue weighted by atomic mass is 10.0. The van der Waals surface area contributed by atoms with Gasteiger partial charge in [-0.3, -0.25) is 0 Å². The summed E-state index contributed by atoms with van der Waals surface area (Å²) in [6, 6.07) is 7.94. The van der Waals surface area contributed by atoms with Crippen LogP contribution in [0.3, 0.4) is 0 Å². The molecular weight excluding hydrogens is 537 g/mol. The summed E-state index contributed by atoms with van der Waals surface area (Å²) in [5.41, 5.74) is -1.90. The fourth-order valence-electron chi connectivity index (χ4n) is 3.51. The van der Waals surface area contributed by atoms with Crippen molar-refractivity contribution >= 4 is 23.2 Å². The molecule has 2 heterocycles. The van der Waals surface area contributed by atoms with E-state index < -0.39 is 36.6 Å². The highest BCUT2D eigenvalue weighted by Gasteiger charge is 2.37. The summed E-state index contributed by atoms with van der Waals surface area (Å²) >= 11 is 12.6. The molecule has 4 rings (SSSR count). The Morgan fingerprint density at radius 2 is 1.58 bits per heavy atom. The Morgan fingerprint density at radius 3 is 2.17 bits per heavy atom. The quantitative estimate of drug-likeness (QED) is 0.281. The third-order valence-corrected chi connectivity index (χ3v) is 5.95. The summed E-state index contributed by atoms with van der Waals surface area (Å²) in [6.45, 7) is -1.02. The number of nitrogens with zero attached hydrogens (tertiary/aromatic N) is 4. The monoisotopic (exact) mass is 550 g/mol. The van der Waals surface area contributed by atoms with E-state index in [1.54, 1.807) is 24.3 Å². The third-order valence-electron chi connectivity index (χ3n) is 5.20. The van der Waals surface area contributed by atoms with Gasteiger partial charge in [0, 0.05) is 17.5 Å². The molecule has 0 amide bonds. The van der Waals surface area contributed by atoms with Gasteiger partial charge < -0.3 is 9.63 Å². The molecule has 0 spiro atoms. The summed E-state index contributed by atoms with van der Waals surface area (Å²) < 4.78 is 85.2. The number of aliphatic hydroxyl groups excluding tert-OH is 1. The predicted molar refractivity (Wildman–Crippen MR) is 116 cm³/mol. The summed E-state index contributed by atoms with van der Waals surface area (Å²) in [4.78, 5) is 0. The Hall–Kier alpha value is -3.09. The van der Waals surface area contributed by atoms with Gasteiger partial charge in [-0.05, 0) is 29.8 Å². The zero-order chi connectivity index (χ0) is 26.3. The normalized spacial score (nSPS) is 12.4. The summed E-state index contributed by atoms with van der Waals surface area (Å²) in [5, 5.41) is 21.5. The van der Waals surface area contributed by atoms with E-state index in [0.29, 0.717) is 34.0 Å². The fraction of sp³-hybridized carbons (Fsp3) is 0.227. The first kappa shape index (κ1) is 26.0. The number of halogens is 8. The Labute approximate surface area is 209 Å². The number of rotatable bonds is 6. The van der Waals surface area contributed by atoms with E-state index in [2.05, 4.69) is 15.5 Å². The molecule has 0 aliphatic carbocycles. The number of aromatic nitrogens is 4. The van der Waals surface area contributed by atoms with Crippen molar-refractivity contribution in [3.05, 3.63) is 86.3 Å². The van der Waals surface area contributed by atoms with E-state index in [9.17, 15) is 31.4 Å². The molecule has 190 valence electrons. The summed E-state index contributed by atoms with van der Waals surface area (Å²) in [5.74, 6) is 0.100. The van der Waals surface area contributed by atoms with E-state index in [0.717, 1.165) is 4.68 Å². The van der Waals surface area contributed by atoms with Crippen molar-refractivity contribution in [2.24, 2.45) is 0 Å². The highest BCUT2D eigenvalue weighted by molar-refractivity contribution is 6.33. The maximum Gasteiger partial charge on any atom is 0.416 e. The molecule has 2 aromatic heterocycles. The van der Waals surface area contributed by atoms with Crippen LogP contribution in [0.1, 0.15) is 33.7 Å². The van der Waals surface area contributed by atoms with Crippen LogP contribution in [0.15, 0.2) is 47.0 Å². The number of alkyl halides is 6. The van der Waals surface area contributed by atoms with Crippen molar-refractivity contribution in [1.82, 2.24) is 20.2 Å². The van der Waals surface area contributed by atoms with Gasteiger partial charge in [-0.2, -0.15) is 26.3 Å². The van der Waals surface area contributed by atoms with Gasteiger partial charge in [0.2, 0.25) is 0 Å². The Kier molecular flexibility index (Phi) is 7.04. The lowest BCUT2D eigenvalue weighted by Crippen LogP contribution is -2.13. The fourth-order valence-corrected chi connectivity index (χ4v) is 3.94.